The molecule has 6 heteroatoms. The first-order valence-corrected chi connectivity index (χ1v) is 9.50. The summed E-state index contributed by atoms with van der Waals surface area (Å²) in [5, 5.41) is 10.2. The van der Waals surface area contributed by atoms with Crippen LogP contribution in [0.15, 0.2) is 54.7 Å². The van der Waals surface area contributed by atoms with Gasteiger partial charge in [-0.05, 0) is 36.4 Å². The van der Waals surface area contributed by atoms with Crippen molar-refractivity contribution < 1.29 is 19.3 Å². The van der Waals surface area contributed by atoms with E-state index < -0.39 is 6.10 Å². The van der Waals surface area contributed by atoms with Gasteiger partial charge in [0.2, 0.25) is 0 Å². The van der Waals surface area contributed by atoms with Crippen LogP contribution in [0.5, 0.6) is 11.5 Å². The van der Waals surface area contributed by atoms with Gasteiger partial charge in [0.1, 0.15) is 12.2 Å². The number of halogens is 1. The van der Waals surface area contributed by atoms with E-state index in [9.17, 15) is 5.11 Å². The predicted octanol–water partition coefficient (Wildman–Crippen LogP) is 4.69. The first-order valence-electron chi connectivity index (χ1n) is 9.12. The van der Waals surface area contributed by atoms with E-state index in [1.165, 1.54) is 0 Å². The highest BCUT2D eigenvalue weighted by Crippen LogP contribution is 2.46. The van der Waals surface area contributed by atoms with Crippen LogP contribution in [0.1, 0.15) is 35.4 Å². The number of aliphatic hydroxyl groups is 1. The number of hydrogen-bond donors (Lipinski definition) is 1. The number of aromatic nitrogens is 1. The molecule has 3 aromatic rings. The average Bonchev–Trinajstić information content (AvgIpc) is 3.15. The average molecular weight is 400 g/mol. The lowest BCUT2D eigenvalue weighted by Gasteiger charge is -2.25. The van der Waals surface area contributed by atoms with E-state index in [4.69, 9.17) is 25.8 Å². The SMILES string of the molecule is COc1cccc([C@H]2O[C@H](CCO)c3cccn3-c3ccc(Cl)cc32)c1OC. The lowest BCUT2D eigenvalue weighted by Crippen LogP contribution is -2.13. The van der Waals surface area contributed by atoms with Crippen LogP contribution < -0.4 is 9.47 Å². The van der Waals surface area contributed by atoms with Crippen LogP contribution in [0.2, 0.25) is 5.02 Å². The molecule has 0 radical (unpaired) electrons. The molecule has 2 atom stereocenters. The summed E-state index contributed by atoms with van der Waals surface area (Å²) in [6.07, 6.45) is 1.76. The van der Waals surface area contributed by atoms with Gasteiger partial charge in [-0.2, -0.15) is 0 Å². The summed E-state index contributed by atoms with van der Waals surface area (Å²) < 4.78 is 19.8. The standard InChI is InChI=1S/C22H22ClNO4/c1-26-20-7-3-5-15(22(20)27-2)21-16-13-14(23)8-9-17(16)24-11-4-6-18(24)19(28-21)10-12-25/h3-9,11,13,19,21,25H,10,12H2,1-2H3/t19-,21-/m1/s1. The molecule has 1 aliphatic heterocycles. The number of nitrogens with zero attached hydrogens (tertiary/aromatic N) is 1. The highest BCUT2D eigenvalue weighted by Gasteiger charge is 2.32. The van der Waals surface area contributed by atoms with Gasteiger partial charge in [-0.15, -0.1) is 0 Å². The third-order valence-electron chi connectivity index (χ3n) is 5.05. The van der Waals surface area contributed by atoms with E-state index in [2.05, 4.69) is 4.57 Å². The quantitative estimate of drug-likeness (QED) is 0.676. The summed E-state index contributed by atoms with van der Waals surface area (Å²) in [7, 11) is 3.23. The Hall–Kier alpha value is -2.47. The second-order valence-corrected chi connectivity index (χ2v) is 7.04. The summed E-state index contributed by atoms with van der Waals surface area (Å²) in [5.41, 5.74) is 3.75. The predicted molar refractivity (Wildman–Crippen MR) is 108 cm³/mol. The molecule has 2 heterocycles. The molecule has 2 aromatic carbocycles. The molecule has 1 aromatic heterocycles. The van der Waals surface area contributed by atoms with Crippen LogP contribution >= 0.6 is 11.6 Å². The highest BCUT2D eigenvalue weighted by molar-refractivity contribution is 6.30. The van der Waals surface area contributed by atoms with Crippen molar-refractivity contribution in [3.05, 3.63) is 76.6 Å². The van der Waals surface area contributed by atoms with Gasteiger partial charge >= 0.3 is 0 Å². The molecule has 1 aliphatic rings. The van der Waals surface area contributed by atoms with E-state index in [-0.39, 0.29) is 12.7 Å². The van der Waals surface area contributed by atoms with Crippen molar-refractivity contribution in [2.45, 2.75) is 18.6 Å². The van der Waals surface area contributed by atoms with Crippen LogP contribution in [0.4, 0.5) is 0 Å². The Labute approximate surface area is 169 Å². The molecule has 0 saturated carbocycles. The largest absolute Gasteiger partial charge is 0.493 e. The van der Waals surface area contributed by atoms with Gasteiger partial charge in [0.15, 0.2) is 11.5 Å². The van der Waals surface area contributed by atoms with Gasteiger partial charge in [-0.3, -0.25) is 0 Å². The molecule has 146 valence electrons. The molecule has 0 fully saturated rings. The van der Waals surface area contributed by atoms with E-state index >= 15 is 0 Å². The Morgan fingerprint density at radius 1 is 1.07 bits per heavy atom. The van der Waals surface area contributed by atoms with Gasteiger partial charge in [0, 0.05) is 35.4 Å². The molecule has 0 bridgehead atoms. The van der Waals surface area contributed by atoms with Crippen LogP contribution in [0.3, 0.4) is 0 Å². The highest BCUT2D eigenvalue weighted by atomic mass is 35.5. The number of fused-ring (bicyclic) bond motifs is 3. The van der Waals surface area contributed by atoms with Crippen LogP contribution in [0, 0.1) is 0 Å². The lowest BCUT2D eigenvalue weighted by molar-refractivity contribution is -0.00722. The number of benzene rings is 2. The minimum atomic E-state index is -0.435. The molecule has 1 N–H and O–H groups in total. The fourth-order valence-corrected chi connectivity index (χ4v) is 4.01. The van der Waals surface area contributed by atoms with Crippen LogP contribution in [-0.4, -0.2) is 30.5 Å². The molecule has 0 saturated heterocycles. The zero-order valence-corrected chi connectivity index (χ0v) is 16.5. The number of para-hydroxylation sites is 1. The second kappa shape index (κ2) is 7.87. The van der Waals surface area contributed by atoms with Crippen molar-refractivity contribution in [3.63, 3.8) is 0 Å². The summed E-state index contributed by atoms with van der Waals surface area (Å²) in [6.45, 7) is 0.0227. The van der Waals surface area contributed by atoms with Gasteiger partial charge in [0.05, 0.1) is 25.6 Å². The van der Waals surface area contributed by atoms with Gasteiger partial charge < -0.3 is 23.9 Å². The third kappa shape index (κ3) is 3.15. The molecule has 28 heavy (non-hydrogen) atoms. The number of ether oxygens (including phenoxy) is 3. The molecular formula is C22H22ClNO4. The Bertz CT molecular complexity index is 984. The van der Waals surface area contributed by atoms with E-state index in [0.717, 1.165) is 22.5 Å². The van der Waals surface area contributed by atoms with Gasteiger partial charge in [-0.1, -0.05) is 23.7 Å². The van der Waals surface area contributed by atoms with Crippen molar-refractivity contribution in [1.82, 2.24) is 4.57 Å². The fourth-order valence-electron chi connectivity index (χ4n) is 3.83. The maximum atomic E-state index is 9.62. The zero-order valence-electron chi connectivity index (χ0n) is 15.8. The number of hydrogen-bond acceptors (Lipinski definition) is 4. The van der Waals surface area contributed by atoms with Gasteiger partial charge in [-0.25, -0.2) is 0 Å². The first kappa shape index (κ1) is 18.9. The fraction of sp³-hybridized carbons (Fsp3) is 0.273. The van der Waals surface area contributed by atoms with E-state index in [1.54, 1.807) is 14.2 Å². The molecule has 0 unspecified atom stereocenters. The lowest BCUT2D eigenvalue weighted by atomic mass is 9.98. The van der Waals surface area contributed by atoms with E-state index in [1.807, 2.05) is 54.7 Å². The third-order valence-corrected chi connectivity index (χ3v) is 5.28. The Morgan fingerprint density at radius 3 is 2.68 bits per heavy atom. The van der Waals surface area contributed by atoms with Crippen molar-refractivity contribution in [3.8, 4) is 17.2 Å². The molecule has 5 nitrogen and oxygen atoms in total. The second-order valence-electron chi connectivity index (χ2n) is 6.61. The molecule has 0 amide bonds. The number of rotatable bonds is 5. The summed E-state index contributed by atoms with van der Waals surface area (Å²) in [4.78, 5) is 0. The zero-order chi connectivity index (χ0) is 19.7. The van der Waals surface area contributed by atoms with E-state index in [0.29, 0.717) is 22.9 Å². The van der Waals surface area contributed by atoms with Crippen molar-refractivity contribution in [2.24, 2.45) is 0 Å². The Kier molecular flexibility index (Phi) is 5.31. The van der Waals surface area contributed by atoms with Crippen LogP contribution in [-0.2, 0) is 4.74 Å². The minimum Gasteiger partial charge on any atom is -0.493 e. The van der Waals surface area contributed by atoms with Crippen molar-refractivity contribution >= 4 is 11.6 Å². The Morgan fingerprint density at radius 2 is 1.93 bits per heavy atom. The summed E-state index contributed by atoms with van der Waals surface area (Å²) >= 11 is 6.35. The minimum absolute atomic E-state index is 0.0227. The number of aliphatic hydroxyl groups excluding tert-OH is 1. The Balaban J connectivity index is 1.95. The first-order chi connectivity index (χ1) is 13.7. The van der Waals surface area contributed by atoms with Crippen LogP contribution in [0.25, 0.3) is 5.69 Å². The van der Waals surface area contributed by atoms with Crippen molar-refractivity contribution in [1.29, 1.82) is 0 Å². The summed E-state index contributed by atoms with van der Waals surface area (Å²) in [5.74, 6) is 1.25. The topological polar surface area (TPSA) is 52.8 Å². The number of methoxy groups -OCH3 is 2. The van der Waals surface area contributed by atoms with Crippen molar-refractivity contribution in [2.75, 3.05) is 20.8 Å². The monoisotopic (exact) mass is 399 g/mol. The summed E-state index contributed by atoms with van der Waals surface area (Å²) in [6, 6.07) is 15.5. The molecule has 0 spiro atoms. The molecule has 0 aliphatic carbocycles. The molecular weight excluding hydrogens is 378 g/mol. The maximum Gasteiger partial charge on any atom is 0.166 e. The molecule has 4 rings (SSSR count). The van der Waals surface area contributed by atoms with Gasteiger partial charge in [0.25, 0.3) is 0 Å². The smallest absolute Gasteiger partial charge is 0.166 e. The maximum absolute atomic E-state index is 9.62. The normalized spacial score (nSPS) is 18.1.